The number of phenolic OH excluding ortho intramolecular Hbond substituents is 2. The molecule has 1 fully saturated rings. The number of aliphatic hydroxyl groups is 2. The van der Waals surface area contributed by atoms with Gasteiger partial charge in [0, 0.05) is 73.3 Å². The van der Waals surface area contributed by atoms with Crippen LogP contribution in [-0.4, -0.2) is 130 Å². The van der Waals surface area contributed by atoms with Crippen LogP contribution in [0.4, 0.5) is 5.69 Å². The Bertz CT molecular complexity index is 2790. The molecule has 0 spiro atoms. The number of aliphatic hydroxyl groups excluding tert-OH is 2. The Morgan fingerprint density at radius 3 is 2.34 bits per heavy atom. The van der Waals surface area contributed by atoms with E-state index in [1.807, 2.05) is 0 Å². The summed E-state index contributed by atoms with van der Waals surface area (Å²) in [6.45, 7) is 20.7. The van der Waals surface area contributed by atoms with Crippen LogP contribution in [0.2, 0.25) is 0 Å². The number of nitrogens with zero attached hydrogens (tertiary/aromatic N) is 2. The van der Waals surface area contributed by atoms with E-state index in [1.54, 1.807) is 39.8 Å². The molecule has 1 saturated heterocycles. The number of ether oxygens (including phenoxy) is 6. The van der Waals surface area contributed by atoms with Crippen molar-refractivity contribution in [2.75, 3.05) is 51.9 Å². The van der Waals surface area contributed by atoms with Crippen LogP contribution in [0.3, 0.4) is 0 Å². The molecule has 4 heterocycles. The van der Waals surface area contributed by atoms with E-state index in [2.05, 4.69) is 19.2 Å². The minimum atomic E-state index is -2.10. The van der Waals surface area contributed by atoms with E-state index in [1.165, 1.54) is 65.4 Å². The van der Waals surface area contributed by atoms with Crippen LogP contribution in [0.25, 0.3) is 33.3 Å². The highest BCUT2D eigenvalue weighted by Gasteiger charge is 2.50. The van der Waals surface area contributed by atoms with Crippen molar-refractivity contribution in [2.45, 2.75) is 105 Å². The molecule has 18 nitrogen and oxygen atoms in total. The van der Waals surface area contributed by atoms with Gasteiger partial charge < -0.3 is 63.1 Å². The lowest BCUT2D eigenvalue weighted by atomic mass is 9.78. The van der Waals surface area contributed by atoms with Crippen LogP contribution in [0.5, 0.6) is 23.0 Å². The number of carbonyl (C=O) groups is 3. The van der Waals surface area contributed by atoms with Crippen LogP contribution in [0, 0.1) is 30.6 Å². The third kappa shape index (κ3) is 9.59. The van der Waals surface area contributed by atoms with Crippen molar-refractivity contribution in [3.05, 3.63) is 69.6 Å². The first kappa shape index (κ1) is 51.8. The first-order chi connectivity index (χ1) is 33.0. The summed E-state index contributed by atoms with van der Waals surface area (Å²) in [6, 6.07) is 3.21. The lowest BCUT2D eigenvalue weighted by Crippen LogP contribution is -2.60. The van der Waals surface area contributed by atoms with Gasteiger partial charge in [0.15, 0.2) is 11.3 Å². The highest BCUT2D eigenvalue weighted by atomic mass is 16.7. The van der Waals surface area contributed by atoms with Crippen LogP contribution < -0.4 is 20.2 Å². The average Bonchev–Trinajstić information content (AvgIpc) is 3.59. The number of aromatic nitrogens is 1. The number of hydrogen-bond acceptors (Lipinski definition) is 16. The number of amides is 1. The molecular weight excluding hydrogens is 907 g/mol. The number of methoxy groups -OCH3 is 1. The molecule has 0 saturated carbocycles. The second kappa shape index (κ2) is 20.4. The number of ketones is 1. The molecule has 2 aromatic rings. The number of morpholine rings is 1. The van der Waals surface area contributed by atoms with Gasteiger partial charge in [-0.25, -0.2) is 4.98 Å². The number of quaternary nitrogens is 1. The number of phenols is 2. The number of benzene rings is 3. The molecule has 378 valence electrons. The molecule has 4 bridgehead atoms. The summed E-state index contributed by atoms with van der Waals surface area (Å²) < 4.78 is 43.0. The Balaban J connectivity index is 1.40. The number of anilines is 1. The molecule has 2 aromatic carbocycles. The number of fused-ring (bicyclic) bond motifs is 2. The maximum atomic E-state index is 14.9. The van der Waals surface area contributed by atoms with Gasteiger partial charge in [-0.1, -0.05) is 45.9 Å². The number of nitrogens with one attached hydrogen (secondary N) is 1. The van der Waals surface area contributed by atoms with E-state index >= 15 is 0 Å². The molecule has 70 heavy (non-hydrogen) atoms. The van der Waals surface area contributed by atoms with Crippen LogP contribution >= 0.6 is 0 Å². The Morgan fingerprint density at radius 1 is 0.986 bits per heavy atom. The van der Waals surface area contributed by atoms with Gasteiger partial charge in [-0.2, -0.15) is 0 Å². The summed E-state index contributed by atoms with van der Waals surface area (Å²) in [5.41, 5.74) is -1.64. The van der Waals surface area contributed by atoms with Crippen molar-refractivity contribution in [3.8, 4) is 34.5 Å². The van der Waals surface area contributed by atoms with E-state index in [0.29, 0.717) is 32.4 Å². The predicted molar refractivity (Wildman–Crippen MR) is 259 cm³/mol. The summed E-state index contributed by atoms with van der Waals surface area (Å²) >= 11 is 0. The Kier molecular flexibility index (Phi) is 15.1. The van der Waals surface area contributed by atoms with Gasteiger partial charge in [0.1, 0.15) is 72.2 Å². The Morgan fingerprint density at radius 2 is 1.69 bits per heavy atom. The maximum absolute atomic E-state index is 14.9. The third-order valence-corrected chi connectivity index (χ3v) is 14.7. The normalized spacial score (nSPS) is 29.4. The van der Waals surface area contributed by atoms with Crippen molar-refractivity contribution < 1.29 is 72.1 Å². The number of allylic oxidation sites excluding steroid dienone is 2. The number of aromatic hydroxyl groups is 2. The number of esters is 1. The van der Waals surface area contributed by atoms with Gasteiger partial charge in [-0.3, -0.25) is 19.2 Å². The van der Waals surface area contributed by atoms with Gasteiger partial charge in [0.05, 0.1) is 54.8 Å². The smallest absolute Gasteiger partial charge is 0.312 e. The molecule has 5 N–H and O–H groups in total. The lowest BCUT2D eigenvalue weighted by Gasteiger charge is -2.44. The largest absolute Gasteiger partial charge is 0.507 e. The third-order valence-electron chi connectivity index (χ3n) is 14.7. The van der Waals surface area contributed by atoms with Gasteiger partial charge in [0.2, 0.25) is 5.43 Å². The summed E-state index contributed by atoms with van der Waals surface area (Å²) in [7, 11) is 1.43. The van der Waals surface area contributed by atoms with Crippen LogP contribution in [0.1, 0.15) is 78.2 Å². The molecule has 4 aliphatic heterocycles. The molecule has 1 aliphatic carbocycles. The van der Waals surface area contributed by atoms with E-state index < -0.39 is 88.4 Å². The number of rotatable bonds is 7. The van der Waals surface area contributed by atoms with Gasteiger partial charge in [-0.15, -0.1) is 0 Å². The predicted octanol–water partition coefficient (Wildman–Crippen LogP) is 6.29. The topological polar surface area (TPSA) is 243 Å². The Labute approximate surface area is 406 Å². The fourth-order valence-electron chi connectivity index (χ4n) is 10.00. The lowest BCUT2D eigenvalue weighted by molar-refractivity contribution is -0.954. The number of Topliss-reactive ketones (excluding diaryl/α,β-unsaturated/α-hetero) is 1. The van der Waals surface area contributed by atoms with Crippen LogP contribution in [-0.2, 0) is 28.5 Å². The molecule has 7 rings (SSSR count). The fraction of sp³-hybridized carbons (Fsp3) is 0.519. The van der Waals surface area contributed by atoms with Crippen molar-refractivity contribution >= 4 is 45.2 Å². The monoisotopic (exact) mass is 972 g/mol. The second-order valence-electron chi connectivity index (χ2n) is 19.5. The van der Waals surface area contributed by atoms with Crippen molar-refractivity contribution in [2.24, 2.45) is 23.7 Å². The molecule has 9 atom stereocenters. The zero-order valence-corrected chi connectivity index (χ0v) is 41.7. The molecule has 18 heteroatoms. The van der Waals surface area contributed by atoms with Crippen molar-refractivity contribution in [3.63, 3.8) is 0 Å². The van der Waals surface area contributed by atoms with Gasteiger partial charge >= 0.3 is 11.8 Å². The minimum absolute atomic E-state index is 0.0132. The molecule has 1 amide bonds. The molecule has 0 radical (unpaired) electrons. The van der Waals surface area contributed by atoms with E-state index in [4.69, 9.17) is 37.8 Å². The van der Waals surface area contributed by atoms with E-state index in [0.717, 1.165) is 17.6 Å². The highest BCUT2D eigenvalue weighted by molar-refractivity contribution is 6.22. The molecule has 0 aromatic heterocycles. The van der Waals surface area contributed by atoms with Gasteiger partial charge in [-0.05, 0) is 33.8 Å². The second-order valence-corrected chi connectivity index (χ2v) is 19.5. The summed E-state index contributed by atoms with van der Waals surface area (Å²) in [5.74, 6) is -7.87. The zero-order chi connectivity index (χ0) is 51.1. The minimum Gasteiger partial charge on any atom is -0.507 e. The van der Waals surface area contributed by atoms with Gasteiger partial charge in [0.25, 0.3) is 11.7 Å². The average molecular weight is 973 g/mol. The van der Waals surface area contributed by atoms with E-state index in [9.17, 15) is 39.6 Å². The highest BCUT2D eigenvalue weighted by Crippen LogP contribution is 2.51. The molecule has 0 unspecified atom stereocenters. The SMILES string of the molecule is CO[C@H]1/C=C/O[C@@]2(C)Oc3c(C)c(O)c4c(=O)c(c5oc6cc(OCC[N+]7(C(C)C)CCOCC7)cc(O)c6nc-5c4c3C2=O)NC(=O)/C(C)=C\C=C\[C@H](C)[C@H](O)[C@@H](C)[C@@H](O)[C@@H](C)[C@H](OC(C)=O)[C@@H]1C. The summed E-state index contributed by atoms with van der Waals surface area (Å²) in [6.07, 6.45) is 3.39. The Hall–Kier alpha value is -6.05. The number of carbonyl (C=O) groups excluding carboxylic acids is 3. The molecule has 5 aliphatic rings. The van der Waals surface area contributed by atoms with Crippen molar-refractivity contribution in [1.29, 1.82) is 0 Å². The number of hydrogen-bond donors (Lipinski definition) is 5. The van der Waals surface area contributed by atoms with Crippen molar-refractivity contribution in [1.82, 2.24) is 4.98 Å². The van der Waals surface area contributed by atoms with Crippen LogP contribution in [0.15, 0.2) is 57.5 Å². The fourth-order valence-corrected chi connectivity index (χ4v) is 10.00. The first-order valence-electron chi connectivity index (χ1n) is 23.8. The maximum Gasteiger partial charge on any atom is 0.312 e. The summed E-state index contributed by atoms with van der Waals surface area (Å²) in [5, 5.41) is 48.6. The first-order valence-corrected chi connectivity index (χ1v) is 23.8. The van der Waals surface area contributed by atoms with E-state index in [-0.39, 0.29) is 67.3 Å². The quantitative estimate of drug-likeness (QED) is 0.0592. The summed E-state index contributed by atoms with van der Waals surface area (Å²) in [4.78, 5) is 61.0. The zero-order valence-electron chi connectivity index (χ0n) is 41.7. The standard InChI is InChI=1S/C52H65N3O15/c1-25(2)55(16-20-65-21-17-55)18-22-66-33-23-34(57)40-36(24-33)69-49-41(53-40)37-38-45(60)31(8)48-39(37)50(62)52(10,70-48)67-19-15-35(64-11)28(5)47(68-32(9)56)30(7)44(59)29(6)43(58)26(3)13-12-14-27(4)51(63)54-42(49)46(38)61/h12-15,19,23-26,28-30,35,43-44,47,58-59H,16-18,20-22H2,1-11H3,(H2-,53,54,57,60,61,62,63)/p+1/b13-12+,19-15+,27-14-/t26-,28+,29+,30+,35-,43-,44+,47+,52-/m0/s1. The molecular formula is C52H66N3O15+.